The number of rotatable bonds is 3. The largest absolute Gasteiger partial charge is 0.298 e. The van der Waals surface area contributed by atoms with Gasteiger partial charge in [0, 0.05) is 30.6 Å². The van der Waals surface area contributed by atoms with Crippen LogP contribution in [0.1, 0.15) is 36.9 Å². The molecule has 3 nitrogen and oxygen atoms in total. The summed E-state index contributed by atoms with van der Waals surface area (Å²) in [5.41, 5.74) is 1.02. The van der Waals surface area contributed by atoms with Crippen molar-refractivity contribution in [1.29, 1.82) is 0 Å². The van der Waals surface area contributed by atoms with Gasteiger partial charge in [0.25, 0.3) is 0 Å². The van der Waals surface area contributed by atoms with Crippen LogP contribution in [0.15, 0.2) is 5.38 Å². The number of fused-ring (bicyclic) bond motifs is 1. The van der Waals surface area contributed by atoms with Crippen LogP contribution in [0.5, 0.6) is 0 Å². The minimum atomic E-state index is 0.530. The van der Waals surface area contributed by atoms with Crippen LogP contribution in [-0.2, 0) is 12.4 Å². The molecule has 0 bridgehead atoms. The number of nitrogens with zero attached hydrogens (tertiary/aromatic N) is 3. The molecule has 1 aromatic rings. The molecule has 0 saturated carbocycles. The molecule has 0 spiro atoms. The van der Waals surface area contributed by atoms with Crippen molar-refractivity contribution < 1.29 is 0 Å². The van der Waals surface area contributed by atoms with E-state index in [0.29, 0.717) is 11.9 Å². The summed E-state index contributed by atoms with van der Waals surface area (Å²) in [5, 5.41) is 3.30. The molecule has 5 heteroatoms. The molecule has 19 heavy (non-hydrogen) atoms. The lowest BCUT2D eigenvalue weighted by molar-refractivity contribution is 0.0110. The van der Waals surface area contributed by atoms with Crippen molar-refractivity contribution in [1.82, 2.24) is 14.8 Å². The van der Waals surface area contributed by atoms with Crippen molar-refractivity contribution in [2.24, 2.45) is 0 Å². The van der Waals surface area contributed by atoms with Gasteiger partial charge in [-0.25, -0.2) is 4.98 Å². The number of hydrogen-bond donors (Lipinski definition) is 0. The zero-order chi connectivity index (χ0) is 13.2. The Morgan fingerprint density at radius 2 is 2.32 bits per heavy atom. The molecule has 0 aliphatic carbocycles. The van der Waals surface area contributed by atoms with E-state index in [9.17, 15) is 0 Å². The van der Waals surface area contributed by atoms with Crippen molar-refractivity contribution in [3.05, 3.63) is 16.1 Å². The zero-order valence-corrected chi connectivity index (χ0v) is 13.1. The predicted octanol–water partition coefficient (Wildman–Crippen LogP) is 2.94. The normalized spacial score (nSPS) is 29.4. The van der Waals surface area contributed by atoms with Crippen LogP contribution in [0.25, 0.3) is 0 Å². The molecule has 2 atom stereocenters. The van der Waals surface area contributed by atoms with Crippen LogP contribution < -0.4 is 0 Å². The summed E-state index contributed by atoms with van der Waals surface area (Å²) >= 11 is 7.58. The fourth-order valence-electron chi connectivity index (χ4n) is 3.29. The Labute approximate surface area is 124 Å². The minimum Gasteiger partial charge on any atom is -0.298 e. The second-order valence-corrected chi connectivity index (χ2v) is 7.00. The van der Waals surface area contributed by atoms with E-state index in [2.05, 4.69) is 27.1 Å². The summed E-state index contributed by atoms with van der Waals surface area (Å²) in [4.78, 5) is 9.88. The average Bonchev–Trinajstić information content (AvgIpc) is 2.87. The van der Waals surface area contributed by atoms with Crippen molar-refractivity contribution in [3.8, 4) is 0 Å². The number of thiazole rings is 1. The Bertz CT molecular complexity index is 423. The van der Waals surface area contributed by atoms with Crippen LogP contribution in [0, 0.1) is 0 Å². The summed E-state index contributed by atoms with van der Waals surface area (Å²) in [5.74, 6) is 0.530. The molecule has 0 amide bonds. The van der Waals surface area contributed by atoms with Crippen molar-refractivity contribution in [3.63, 3.8) is 0 Å². The maximum absolute atomic E-state index is 5.83. The number of alkyl halides is 1. The summed E-state index contributed by atoms with van der Waals surface area (Å²) in [7, 11) is 0. The first kappa shape index (κ1) is 13.8. The standard InChI is InChI=1S/C14H22ClN3S/c1-11-7-17-5-3-2-4-13(17)8-18(11)9-14-16-12(6-15)10-19-14/h10-11,13H,2-9H2,1H3. The molecule has 0 aromatic carbocycles. The highest BCUT2D eigenvalue weighted by molar-refractivity contribution is 7.09. The molecule has 2 saturated heterocycles. The molecule has 1 aromatic heterocycles. The SMILES string of the molecule is CC1CN2CCCCC2CN1Cc1nc(CCl)cs1. The lowest BCUT2D eigenvalue weighted by Gasteiger charge is -2.47. The molecule has 2 fully saturated rings. The lowest BCUT2D eigenvalue weighted by atomic mass is 9.97. The van der Waals surface area contributed by atoms with Gasteiger partial charge in [0.2, 0.25) is 0 Å². The van der Waals surface area contributed by atoms with Crippen LogP contribution in [0.3, 0.4) is 0 Å². The Hall–Kier alpha value is -0.160. The smallest absolute Gasteiger partial charge is 0.107 e. The summed E-state index contributed by atoms with van der Waals surface area (Å²) in [6.45, 7) is 7.07. The molecule has 0 radical (unpaired) electrons. The fourth-order valence-corrected chi connectivity index (χ4v) is 4.34. The monoisotopic (exact) mass is 299 g/mol. The van der Waals surface area contributed by atoms with E-state index < -0.39 is 0 Å². The Morgan fingerprint density at radius 1 is 1.42 bits per heavy atom. The van der Waals surface area contributed by atoms with E-state index in [1.165, 1.54) is 43.9 Å². The average molecular weight is 300 g/mol. The highest BCUT2D eigenvalue weighted by Gasteiger charge is 2.33. The first-order chi connectivity index (χ1) is 9.26. The third-order valence-electron chi connectivity index (χ3n) is 4.39. The van der Waals surface area contributed by atoms with E-state index >= 15 is 0 Å². The molecular formula is C14H22ClN3S. The summed E-state index contributed by atoms with van der Waals surface area (Å²) in [6.07, 6.45) is 4.15. The molecule has 0 N–H and O–H groups in total. The highest BCUT2D eigenvalue weighted by Crippen LogP contribution is 2.25. The molecule has 2 aliphatic heterocycles. The summed E-state index contributed by atoms with van der Waals surface area (Å²) < 4.78 is 0. The molecular weight excluding hydrogens is 278 g/mol. The van der Waals surface area contributed by atoms with Gasteiger partial charge in [0.05, 0.1) is 18.1 Å². The van der Waals surface area contributed by atoms with Crippen LogP contribution in [0.2, 0.25) is 0 Å². The quantitative estimate of drug-likeness (QED) is 0.800. The van der Waals surface area contributed by atoms with Gasteiger partial charge in [-0.2, -0.15) is 0 Å². The Morgan fingerprint density at radius 3 is 3.11 bits per heavy atom. The summed E-state index contributed by atoms with van der Waals surface area (Å²) in [6, 6.07) is 1.41. The Kier molecular flexibility index (Phi) is 4.42. The second kappa shape index (κ2) is 6.08. The number of piperidine rings is 1. The molecule has 3 heterocycles. The van der Waals surface area contributed by atoms with Gasteiger partial charge in [0.1, 0.15) is 5.01 Å². The van der Waals surface area contributed by atoms with Crippen LogP contribution in [-0.4, -0.2) is 46.5 Å². The number of aromatic nitrogens is 1. The maximum atomic E-state index is 5.83. The number of halogens is 1. The minimum absolute atomic E-state index is 0.530. The van der Waals surface area contributed by atoms with Crippen molar-refractivity contribution in [2.75, 3.05) is 19.6 Å². The lowest BCUT2D eigenvalue weighted by Crippen LogP contribution is -2.58. The first-order valence-corrected chi connectivity index (χ1v) is 8.65. The fraction of sp³-hybridized carbons (Fsp3) is 0.786. The molecule has 106 valence electrons. The van der Waals surface area contributed by atoms with Gasteiger partial charge >= 0.3 is 0 Å². The van der Waals surface area contributed by atoms with Crippen molar-refractivity contribution in [2.45, 2.75) is 50.7 Å². The van der Waals surface area contributed by atoms with Gasteiger partial charge in [-0.05, 0) is 26.3 Å². The number of piperazine rings is 1. The van der Waals surface area contributed by atoms with Gasteiger partial charge < -0.3 is 0 Å². The van der Waals surface area contributed by atoms with E-state index in [-0.39, 0.29) is 0 Å². The molecule has 3 rings (SSSR count). The first-order valence-electron chi connectivity index (χ1n) is 7.23. The van der Waals surface area contributed by atoms with Crippen LogP contribution >= 0.6 is 22.9 Å². The maximum Gasteiger partial charge on any atom is 0.107 e. The van der Waals surface area contributed by atoms with Gasteiger partial charge in [-0.15, -0.1) is 22.9 Å². The molecule has 2 aliphatic rings. The predicted molar refractivity (Wildman–Crippen MR) is 80.8 cm³/mol. The topological polar surface area (TPSA) is 19.4 Å². The van der Waals surface area contributed by atoms with Gasteiger partial charge in [0.15, 0.2) is 0 Å². The Balaban J connectivity index is 1.63. The third kappa shape index (κ3) is 3.13. The van der Waals surface area contributed by atoms with Gasteiger partial charge in [-0.1, -0.05) is 6.42 Å². The second-order valence-electron chi connectivity index (χ2n) is 5.79. The van der Waals surface area contributed by atoms with E-state index in [0.717, 1.165) is 18.3 Å². The third-order valence-corrected chi connectivity index (χ3v) is 5.55. The number of hydrogen-bond acceptors (Lipinski definition) is 4. The highest BCUT2D eigenvalue weighted by atomic mass is 35.5. The molecule has 2 unspecified atom stereocenters. The van der Waals surface area contributed by atoms with Gasteiger partial charge in [-0.3, -0.25) is 9.80 Å². The van der Waals surface area contributed by atoms with E-state index in [4.69, 9.17) is 11.6 Å². The van der Waals surface area contributed by atoms with Crippen LogP contribution in [0.4, 0.5) is 0 Å². The van der Waals surface area contributed by atoms with E-state index in [1.807, 2.05) is 0 Å². The van der Waals surface area contributed by atoms with Crippen molar-refractivity contribution >= 4 is 22.9 Å². The van der Waals surface area contributed by atoms with E-state index in [1.54, 1.807) is 11.3 Å². The zero-order valence-electron chi connectivity index (χ0n) is 11.5.